The zero-order valence-corrected chi connectivity index (χ0v) is 11.4. The van der Waals surface area contributed by atoms with Gasteiger partial charge in [0, 0.05) is 6.54 Å². The molecule has 0 unspecified atom stereocenters. The van der Waals surface area contributed by atoms with E-state index in [0.29, 0.717) is 16.7 Å². The monoisotopic (exact) mass is 283 g/mol. The second-order valence-electron chi connectivity index (χ2n) is 4.28. The number of aromatic amines is 1. The lowest BCUT2D eigenvalue weighted by atomic mass is 10.1. The van der Waals surface area contributed by atoms with Crippen LogP contribution < -0.4 is 4.72 Å². The highest BCUT2D eigenvalue weighted by molar-refractivity contribution is 7.89. The summed E-state index contributed by atoms with van der Waals surface area (Å²) in [4.78, 5) is 6.18. The van der Waals surface area contributed by atoms with Crippen LogP contribution in [0.4, 0.5) is 4.39 Å². The average molecular weight is 283 g/mol. The van der Waals surface area contributed by atoms with Gasteiger partial charge in [-0.3, -0.25) is 0 Å². The molecule has 19 heavy (non-hydrogen) atoms. The number of hydrogen-bond donors (Lipinski definition) is 2. The first-order valence-electron chi connectivity index (χ1n) is 5.64. The summed E-state index contributed by atoms with van der Waals surface area (Å²) in [7, 11) is -3.61. The Morgan fingerprint density at radius 2 is 1.95 bits per heavy atom. The first kappa shape index (κ1) is 13.7. The fraction of sp³-hybridized carbons (Fsp3) is 0.250. The molecular weight excluding hydrogens is 269 g/mol. The maximum atomic E-state index is 13.5. The van der Waals surface area contributed by atoms with Crippen molar-refractivity contribution in [1.82, 2.24) is 14.7 Å². The third kappa shape index (κ3) is 2.99. The minimum atomic E-state index is -3.61. The van der Waals surface area contributed by atoms with Crippen LogP contribution in [0.1, 0.15) is 16.7 Å². The molecule has 0 aliphatic rings. The molecule has 2 rings (SSSR count). The number of aromatic nitrogens is 2. The van der Waals surface area contributed by atoms with Gasteiger partial charge in [0.1, 0.15) is 5.82 Å². The van der Waals surface area contributed by atoms with Gasteiger partial charge in [0.25, 0.3) is 10.0 Å². The topological polar surface area (TPSA) is 74.8 Å². The number of rotatable bonds is 4. The second kappa shape index (κ2) is 5.10. The minimum Gasteiger partial charge on any atom is -0.335 e. The van der Waals surface area contributed by atoms with Gasteiger partial charge in [-0.2, -0.15) is 0 Å². The van der Waals surface area contributed by atoms with Crippen LogP contribution in [0.25, 0.3) is 0 Å². The molecule has 0 atom stereocenters. The van der Waals surface area contributed by atoms with Crippen molar-refractivity contribution in [2.24, 2.45) is 0 Å². The Labute approximate surface area is 110 Å². The normalized spacial score (nSPS) is 11.7. The van der Waals surface area contributed by atoms with E-state index in [0.717, 1.165) is 0 Å². The molecule has 5 nitrogen and oxygen atoms in total. The fourth-order valence-electron chi connectivity index (χ4n) is 1.78. The smallest absolute Gasteiger partial charge is 0.257 e. The van der Waals surface area contributed by atoms with Crippen LogP contribution in [-0.2, 0) is 16.6 Å². The lowest BCUT2D eigenvalue weighted by Gasteiger charge is -2.08. The molecule has 2 N–H and O–H groups in total. The fourth-order valence-corrected chi connectivity index (χ4v) is 2.70. The van der Waals surface area contributed by atoms with E-state index in [2.05, 4.69) is 14.7 Å². The summed E-state index contributed by atoms with van der Waals surface area (Å²) in [5.74, 6) is -0.264. The summed E-state index contributed by atoms with van der Waals surface area (Å²) in [6.45, 7) is 3.40. The van der Waals surface area contributed by atoms with Crippen LogP contribution in [0, 0.1) is 19.7 Å². The predicted octanol–water partition coefficient (Wildman–Crippen LogP) is 1.64. The van der Waals surface area contributed by atoms with Gasteiger partial charge >= 0.3 is 0 Å². The van der Waals surface area contributed by atoms with Crippen molar-refractivity contribution < 1.29 is 12.8 Å². The van der Waals surface area contributed by atoms with Crippen LogP contribution in [-0.4, -0.2) is 18.4 Å². The lowest BCUT2D eigenvalue weighted by molar-refractivity contribution is 0.577. The number of nitrogens with one attached hydrogen (secondary N) is 2. The summed E-state index contributed by atoms with van der Waals surface area (Å²) >= 11 is 0. The van der Waals surface area contributed by atoms with Crippen molar-refractivity contribution in [1.29, 1.82) is 0 Å². The molecule has 0 radical (unpaired) electrons. The van der Waals surface area contributed by atoms with Gasteiger partial charge < -0.3 is 4.98 Å². The van der Waals surface area contributed by atoms with E-state index in [1.165, 1.54) is 12.5 Å². The number of nitrogens with zero attached hydrogens (tertiary/aromatic N) is 1. The van der Waals surface area contributed by atoms with Gasteiger partial charge in [-0.25, -0.2) is 22.5 Å². The molecule has 1 heterocycles. The molecule has 0 saturated heterocycles. The quantitative estimate of drug-likeness (QED) is 0.895. The van der Waals surface area contributed by atoms with E-state index in [4.69, 9.17) is 0 Å². The molecule has 0 fully saturated rings. The van der Waals surface area contributed by atoms with E-state index in [1.54, 1.807) is 26.0 Å². The molecule has 0 amide bonds. The first-order valence-corrected chi connectivity index (χ1v) is 7.12. The zero-order valence-electron chi connectivity index (χ0n) is 10.6. The molecule has 0 saturated carbocycles. The first-order chi connectivity index (χ1) is 8.90. The second-order valence-corrected chi connectivity index (χ2v) is 6.02. The molecule has 0 spiro atoms. The molecule has 0 bridgehead atoms. The summed E-state index contributed by atoms with van der Waals surface area (Å²) in [5, 5.41) is 0.00283. The van der Waals surface area contributed by atoms with E-state index in [-0.39, 0.29) is 17.4 Å². The third-order valence-electron chi connectivity index (χ3n) is 2.73. The van der Waals surface area contributed by atoms with Crippen molar-refractivity contribution in [2.45, 2.75) is 25.4 Å². The van der Waals surface area contributed by atoms with Gasteiger partial charge in [0.15, 0.2) is 5.03 Å². The molecular formula is C12H14FN3O2S. The highest BCUT2D eigenvalue weighted by atomic mass is 32.2. The maximum absolute atomic E-state index is 13.5. The third-order valence-corrected chi connectivity index (χ3v) is 4.05. The highest BCUT2D eigenvalue weighted by Crippen LogP contribution is 2.15. The molecule has 0 aliphatic carbocycles. The summed E-state index contributed by atoms with van der Waals surface area (Å²) < 4.78 is 39.6. The lowest BCUT2D eigenvalue weighted by Crippen LogP contribution is -2.23. The summed E-state index contributed by atoms with van der Waals surface area (Å²) in [5.41, 5.74) is 1.70. The van der Waals surface area contributed by atoms with E-state index >= 15 is 0 Å². The van der Waals surface area contributed by atoms with Gasteiger partial charge in [0.05, 0.1) is 12.5 Å². The van der Waals surface area contributed by atoms with Crippen molar-refractivity contribution >= 4 is 10.0 Å². The van der Waals surface area contributed by atoms with Crippen LogP contribution in [0.5, 0.6) is 0 Å². The number of imidazole rings is 1. The number of H-pyrrole nitrogens is 1. The van der Waals surface area contributed by atoms with Crippen molar-refractivity contribution in [3.8, 4) is 0 Å². The van der Waals surface area contributed by atoms with E-state index in [9.17, 15) is 12.8 Å². The molecule has 0 aliphatic heterocycles. The number of sulfonamides is 1. The molecule has 102 valence electrons. The predicted molar refractivity (Wildman–Crippen MR) is 68.5 cm³/mol. The largest absolute Gasteiger partial charge is 0.335 e. The van der Waals surface area contributed by atoms with Gasteiger partial charge in [-0.1, -0.05) is 12.1 Å². The van der Waals surface area contributed by atoms with Crippen molar-refractivity contribution in [2.75, 3.05) is 0 Å². The SMILES string of the molecule is Cc1cc(CNS(=O)(=O)c2cnc[nH]2)cc(C)c1F. The van der Waals surface area contributed by atoms with Gasteiger partial charge in [-0.15, -0.1) is 0 Å². The Kier molecular flexibility index (Phi) is 3.68. The molecule has 1 aromatic carbocycles. The Morgan fingerprint density at radius 3 is 2.47 bits per heavy atom. The Hall–Kier alpha value is -1.73. The van der Waals surface area contributed by atoms with E-state index < -0.39 is 10.0 Å². The molecule has 2 aromatic rings. The number of halogens is 1. The van der Waals surface area contributed by atoms with Crippen LogP contribution in [0.3, 0.4) is 0 Å². The molecule has 7 heteroatoms. The van der Waals surface area contributed by atoms with Gasteiger partial charge in [0.2, 0.25) is 0 Å². The summed E-state index contributed by atoms with van der Waals surface area (Å²) in [6, 6.07) is 3.25. The Balaban J connectivity index is 2.16. The number of aryl methyl sites for hydroxylation is 2. The van der Waals surface area contributed by atoms with Crippen LogP contribution >= 0.6 is 0 Å². The molecule has 1 aromatic heterocycles. The summed E-state index contributed by atoms with van der Waals surface area (Å²) in [6.07, 6.45) is 2.52. The standard InChI is InChI=1S/C12H14FN3O2S/c1-8-3-10(4-9(2)12(8)13)5-16-19(17,18)11-6-14-7-15-11/h3-4,6-7,16H,5H2,1-2H3,(H,14,15). The Bertz CT molecular complexity index is 658. The van der Waals surface area contributed by atoms with Gasteiger partial charge in [-0.05, 0) is 30.5 Å². The van der Waals surface area contributed by atoms with Crippen molar-refractivity contribution in [3.05, 3.63) is 47.2 Å². The average Bonchev–Trinajstić information content (AvgIpc) is 2.88. The van der Waals surface area contributed by atoms with Crippen molar-refractivity contribution in [3.63, 3.8) is 0 Å². The van der Waals surface area contributed by atoms with Crippen LogP contribution in [0.2, 0.25) is 0 Å². The highest BCUT2D eigenvalue weighted by Gasteiger charge is 2.15. The Morgan fingerprint density at radius 1 is 1.32 bits per heavy atom. The number of benzene rings is 1. The van der Waals surface area contributed by atoms with Crippen LogP contribution in [0.15, 0.2) is 29.7 Å². The van der Waals surface area contributed by atoms with E-state index in [1.807, 2.05) is 0 Å². The zero-order chi connectivity index (χ0) is 14.0. The number of hydrogen-bond acceptors (Lipinski definition) is 3. The maximum Gasteiger partial charge on any atom is 0.257 e. The minimum absolute atomic E-state index is 0.00283.